The van der Waals surface area contributed by atoms with E-state index < -0.39 is 17.8 Å². The number of halogens is 3. The van der Waals surface area contributed by atoms with Crippen LogP contribution in [0.25, 0.3) is 0 Å². The summed E-state index contributed by atoms with van der Waals surface area (Å²) in [4.78, 5) is 12.2. The van der Waals surface area contributed by atoms with Gasteiger partial charge >= 0.3 is 6.18 Å². The van der Waals surface area contributed by atoms with Crippen LogP contribution in [0, 0.1) is 18.8 Å². The van der Waals surface area contributed by atoms with E-state index in [4.69, 9.17) is 0 Å². The second kappa shape index (κ2) is 6.93. The molecule has 0 unspecified atom stereocenters. The molecule has 7 heteroatoms. The van der Waals surface area contributed by atoms with Crippen LogP contribution in [0.4, 0.5) is 13.2 Å². The largest absolute Gasteiger partial charge is 0.435 e. The summed E-state index contributed by atoms with van der Waals surface area (Å²) in [7, 11) is 0. The molecule has 23 heavy (non-hydrogen) atoms. The smallest absolute Gasteiger partial charge is 0.353 e. The van der Waals surface area contributed by atoms with Gasteiger partial charge in [0.25, 0.3) is 0 Å². The van der Waals surface area contributed by atoms with Crippen molar-refractivity contribution in [3.05, 3.63) is 17.5 Å². The Balaban J connectivity index is 1.92. The summed E-state index contributed by atoms with van der Waals surface area (Å²) in [5, 5.41) is 6.59. The fourth-order valence-electron chi connectivity index (χ4n) is 2.92. The fraction of sp³-hybridized carbons (Fsp3) is 0.750. The number of carbonyl (C=O) groups excluding carboxylic acids is 1. The third-order valence-corrected chi connectivity index (χ3v) is 4.53. The van der Waals surface area contributed by atoms with E-state index in [-0.39, 0.29) is 18.5 Å². The van der Waals surface area contributed by atoms with Crippen molar-refractivity contribution in [2.45, 2.75) is 65.2 Å². The predicted octanol–water partition coefficient (Wildman–Crippen LogP) is 3.54. The van der Waals surface area contributed by atoms with E-state index in [0.717, 1.165) is 31.7 Å². The van der Waals surface area contributed by atoms with Crippen LogP contribution in [0.2, 0.25) is 0 Å². The normalized spacial score (nSPS) is 23.6. The lowest BCUT2D eigenvalue weighted by Crippen LogP contribution is -2.41. The predicted molar refractivity (Wildman–Crippen MR) is 80.7 cm³/mol. The van der Waals surface area contributed by atoms with Crippen LogP contribution in [0.5, 0.6) is 0 Å². The maximum absolute atomic E-state index is 12.7. The van der Waals surface area contributed by atoms with Gasteiger partial charge in [0.05, 0.1) is 12.5 Å². The number of nitrogens with one attached hydrogen (secondary N) is 1. The Kier molecular flexibility index (Phi) is 5.37. The third-order valence-electron chi connectivity index (χ3n) is 4.53. The first-order valence-corrected chi connectivity index (χ1v) is 8.09. The SMILES string of the molecule is Cc1cc(C(F)(F)F)nn1C[C@@H](C)C(=O)NC1CCC(C)CC1. The number of aryl methyl sites for hydroxylation is 1. The molecule has 0 aromatic carbocycles. The van der Waals surface area contributed by atoms with Crippen molar-refractivity contribution >= 4 is 5.91 Å². The lowest BCUT2D eigenvalue weighted by atomic mass is 9.87. The number of alkyl halides is 3. The van der Waals surface area contributed by atoms with E-state index in [0.29, 0.717) is 11.6 Å². The minimum Gasteiger partial charge on any atom is -0.353 e. The highest BCUT2D eigenvalue weighted by Gasteiger charge is 2.34. The highest BCUT2D eigenvalue weighted by Crippen LogP contribution is 2.28. The molecule has 1 fully saturated rings. The molecule has 1 aliphatic rings. The summed E-state index contributed by atoms with van der Waals surface area (Å²) in [5.74, 6) is 0.162. The summed E-state index contributed by atoms with van der Waals surface area (Å²) in [6, 6.07) is 1.19. The number of nitrogens with zero attached hydrogens (tertiary/aromatic N) is 2. The molecular weight excluding hydrogens is 307 g/mol. The number of carbonyl (C=O) groups is 1. The highest BCUT2D eigenvalue weighted by molar-refractivity contribution is 5.78. The Morgan fingerprint density at radius 1 is 1.39 bits per heavy atom. The van der Waals surface area contributed by atoms with Gasteiger partial charge in [0.1, 0.15) is 0 Å². The van der Waals surface area contributed by atoms with Crippen molar-refractivity contribution in [2.75, 3.05) is 0 Å². The maximum atomic E-state index is 12.7. The molecule has 1 heterocycles. The van der Waals surface area contributed by atoms with Gasteiger partial charge in [-0.05, 0) is 44.6 Å². The molecule has 1 aromatic rings. The van der Waals surface area contributed by atoms with Gasteiger partial charge in [-0.3, -0.25) is 9.48 Å². The zero-order valence-corrected chi connectivity index (χ0v) is 13.8. The number of hydrogen-bond acceptors (Lipinski definition) is 2. The Morgan fingerprint density at radius 2 is 2.00 bits per heavy atom. The molecule has 0 aliphatic heterocycles. The summed E-state index contributed by atoms with van der Waals surface area (Å²) in [5.41, 5.74) is -0.507. The van der Waals surface area contributed by atoms with E-state index in [1.807, 2.05) is 0 Å². The fourth-order valence-corrected chi connectivity index (χ4v) is 2.92. The molecule has 1 aromatic heterocycles. The Morgan fingerprint density at radius 3 is 2.52 bits per heavy atom. The number of amides is 1. The topological polar surface area (TPSA) is 46.9 Å². The number of rotatable bonds is 4. The zero-order valence-electron chi connectivity index (χ0n) is 13.8. The molecule has 0 spiro atoms. The zero-order chi connectivity index (χ0) is 17.2. The van der Waals surface area contributed by atoms with Crippen molar-refractivity contribution in [1.29, 1.82) is 0 Å². The van der Waals surface area contributed by atoms with Gasteiger partial charge in [0.2, 0.25) is 5.91 Å². The molecule has 1 atom stereocenters. The molecule has 2 rings (SSSR count). The minimum atomic E-state index is -4.46. The first-order valence-electron chi connectivity index (χ1n) is 8.09. The third kappa shape index (κ3) is 4.72. The van der Waals surface area contributed by atoms with Crippen molar-refractivity contribution in [1.82, 2.24) is 15.1 Å². The molecular formula is C16H24F3N3O. The summed E-state index contributed by atoms with van der Waals surface area (Å²) in [6.45, 7) is 5.64. The quantitative estimate of drug-likeness (QED) is 0.917. The van der Waals surface area contributed by atoms with Gasteiger partial charge in [0.15, 0.2) is 5.69 Å². The van der Waals surface area contributed by atoms with Gasteiger partial charge in [-0.2, -0.15) is 18.3 Å². The van der Waals surface area contributed by atoms with Crippen LogP contribution in [-0.4, -0.2) is 21.7 Å². The molecule has 0 saturated heterocycles. The minimum absolute atomic E-state index is 0.118. The summed E-state index contributed by atoms with van der Waals surface area (Å²) in [6.07, 6.45) is -0.309. The van der Waals surface area contributed by atoms with E-state index in [2.05, 4.69) is 17.3 Å². The lowest BCUT2D eigenvalue weighted by Gasteiger charge is -2.28. The van der Waals surface area contributed by atoms with Gasteiger partial charge in [-0.1, -0.05) is 13.8 Å². The molecule has 1 N–H and O–H groups in total. The molecule has 1 saturated carbocycles. The number of aromatic nitrogens is 2. The second-order valence-corrected chi connectivity index (χ2v) is 6.72. The van der Waals surface area contributed by atoms with Gasteiger partial charge in [-0.25, -0.2) is 0 Å². The van der Waals surface area contributed by atoms with Gasteiger partial charge < -0.3 is 5.32 Å². The monoisotopic (exact) mass is 331 g/mol. The second-order valence-electron chi connectivity index (χ2n) is 6.72. The molecule has 1 aliphatic carbocycles. The molecule has 130 valence electrons. The Bertz CT molecular complexity index is 545. The van der Waals surface area contributed by atoms with Gasteiger partial charge in [0, 0.05) is 11.7 Å². The van der Waals surface area contributed by atoms with Crippen LogP contribution in [0.1, 0.15) is 50.9 Å². The van der Waals surface area contributed by atoms with Crippen molar-refractivity contribution in [3.63, 3.8) is 0 Å². The van der Waals surface area contributed by atoms with E-state index >= 15 is 0 Å². The van der Waals surface area contributed by atoms with E-state index in [9.17, 15) is 18.0 Å². The van der Waals surface area contributed by atoms with Crippen molar-refractivity contribution < 1.29 is 18.0 Å². The van der Waals surface area contributed by atoms with E-state index in [1.54, 1.807) is 13.8 Å². The first kappa shape index (κ1) is 17.8. The van der Waals surface area contributed by atoms with E-state index in [1.165, 1.54) is 4.68 Å². The standard InChI is InChI=1S/C16H24F3N3O/c1-10-4-6-13(7-5-10)20-15(23)11(2)9-22-12(3)8-14(21-22)16(17,18)19/h8,10-11,13H,4-7,9H2,1-3H3,(H,20,23)/t10?,11-,13?/m1/s1. The molecule has 4 nitrogen and oxygen atoms in total. The van der Waals surface area contributed by atoms with Crippen LogP contribution in [0.15, 0.2) is 6.07 Å². The summed E-state index contributed by atoms with van der Waals surface area (Å²) >= 11 is 0. The van der Waals surface area contributed by atoms with Crippen LogP contribution < -0.4 is 5.32 Å². The molecule has 1 amide bonds. The lowest BCUT2D eigenvalue weighted by molar-refractivity contribution is -0.141. The van der Waals surface area contributed by atoms with Crippen LogP contribution in [0.3, 0.4) is 0 Å². The van der Waals surface area contributed by atoms with Gasteiger partial charge in [-0.15, -0.1) is 0 Å². The Labute approximate surface area is 134 Å². The highest BCUT2D eigenvalue weighted by atomic mass is 19.4. The van der Waals surface area contributed by atoms with Crippen molar-refractivity contribution in [2.24, 2.45) is 11.8 Å². The van der Waals surface area contributed by atoms with Crippen LogP contribution in [-0.2, 0) is 17.5 Å². The first-order chi connectivity index (χ1) is 10.7. The molecule has 0 bridgehead atoms. The Hall–Kier alpha value is -1.53. The maximum Gasteiger partial charge on any atom is 0.435 e. The average Bonchev–Trinajstić information content (AvgIpc) is 2.82. The average molecular weight is 331 g/mol. The summed E-state index contributed by atoms with van der Waals surface area (Å²) < 4.78 is 39.2. The van der Waals surface area contributed by atoms with Crippen LogP contribution >= 0.6 is 0 Å². The molecule has 0 radical (unpaired) electrons. The number of hydrogen-bond donors (Lipinski definition) is 1. The van der Waals surface area contributed by atoms with Crippen molar-refractivity contribution in [3.8, 4) is 0 Å².